The van der Waals surface area contributed by atoms with Crippen LogP contribution in [0.15, 0.2) is 36.4 Å². The Balaban J connectivity index is 2.56. The summed E-state index contributed by atoms with van der Waals surface area (Å²) in [6, 6.07) is 6.28. The van der Waals surface area contributed by atoms with Crippen LogP contribution in [-0.4, -0.2) is 7.11 Å². The molecule has 0 bridgehead atoms. The van der Waals surface area contributed by atoms with Gasteiger partial charge in [0.1, 0.15) is 5.75 Å². The zero-order valence-corrected chi connectivity index (χ0v) is 13.6. The first-order chi connectivity index (χ1) is 9.16. The molecule has 20 heavy (non-hydrogen) atoms. The first kappa shape index (κ1) is 14.9. The third kappa shape index (κ3) is 2.67. The molecule has 1 aromatic carbocycles. The first-order valence-electron chi connectivity index (χ1n) is 7.24. The summed E-state index contributed by atoms with van der Waals surface area (Å²) in [7, 11) is 1.71. The molecule has 1 aliphatic carbocycles. The lowest BCUT2D eigenvalue weighted by Gasteiger charge is -2.41. The second-order valence-electron chi connectivity index (χ2n) is 7.27. The highest BCUT2D eigenvalue weighted by Gasteiger charge is 2.36. The van der Waals surface area contributed by atoms with E-state index in [2.05, 4.69) is 59.4 Å². The molecule has 1 aromatic rings. The van der Waals surface area contributed by atoms with E-state index in [4.69, 9.17) is 4.74 Å². The quantitative estimate of drug-likeness (QED) is 0.699. The fraction of sp³-hybridized carbons (Fsp3) is 0.474. The van der Waals surface area contributed by atoms with Crippen molar-refractivity contribution in [2.45, 2.75) is 41.0 Å². The number of ether oxygens (including phenoxy) is 1. The Morgan fingerprint density at radius 1 is 1.15 bits per heavy atom. The van der Waals surface area contributed by atoms with Crippen LogP contribution in [0.3, 0.4) is 0 Å². The molecular weight excluding hydrogens is 244 g/mol. The summed E-state index contributed by atoms with van der Waals surface area (Å²) in [6.45, 7) is 15.7. The van der Waals surface area contributed by atoms with E-state index in [0.717, 1.165) is 12.2 Å². The Hall–Kier alpha value is -1.50. The van der Waals surface area contributed by atoms with Gasteiger partial charge in [0.15, 0.2) is 0 Å². The lowest BCUT2D eigenvalue weighted by molar-refractivity contribution is 0.276. The summed E-state index contributed by atoms with van der Waals surface area (Å²) in [5.74, 6) is 0.909. The molecule has 0 saturated heterocycles. The zero-order valence-electron chi connectivity index (χ0n) is 13.6. The lowest BCUT2D eigenvalue weighted by atomic mass is 9.63. The van der Waals surface area contributed by atoms with Crippen LogP contribution in [0.5, 0.6) is 5.75 Å². The first-order valence-corrected chi connectivity index (χ1v) is 7.24. The van der Waals surface area contributed by atoms with E-state index in [1.807, 2.05) is 6.07 Å². The van der Waals surface area contributed by atoms with Crippen molar-refractivity contribution >= 4 is 5.57 Å². The molecule has 0 unspecified atom stereocenters. The van der Waals surface area contributed by atoms with Crippen LogP contribution in [-0.2, 0) is 0 Å². The van der Waals surface area contributed by atoms with Gasteiger partial charge < -0.3 is 4.74 Å². The van der Waals surface area contributed by atoms with E-state index in [0.29, 0.717) is 0 Å². The SMILES string of the molecule is C=C1C(c2ccc(OC)cc2C)=CC(C)(C)CC1(C)C. The minimum atomic E-state index is 0.139. The number of hydrogen-bond acceptors (Lipinski definition) is 1. The molecule has 2 rings (SSSR count). The Morgan fingerprint density at radius 2 is 1.80 bits per heavy atom. The van der Waals surface area contributed by atoms with Gasteiger partial charge in [-0.15, -0.1) is 0 Å². The molecule has 0 saturated carbocycles. The van der Waals surface area contributed by atoms with Crippen molar-refractivity contribution < 1.29 is 4.74 Å². The summed E-state index contributed by atoms with van der Waals surface area (Å²) >= 11 is 0. The average Bonchev–Trinajstić information content (AvgIpc) is 2.32. The second-order valence-corrected chi connectivity index (χ2v) is 7.27. The van der Waals surface area contributed by atoms with E-state index >= 15 is 0 Å². The van der Waals surface area contributed by atoms with Crippen LogP contribution in [0.4, 0.5) is 0 Å². The minimum absolute atomic E-state index is 0.139. The number of hydrogen-bond donors (Lipinski definition) is 0. The summed E-state index contributed by atoms with van der Waals surface area (Å²) in [5, 5.41) is 0. The Kier molecular flexibility index (Phi) is 3.58. The molecule has 0 aliphatic heterocycles. The molecule has 0 N–H and O–H groups in total. The van der Waals surface area contributed by atoms with Gasteiger partial charge in [-0.3, -0.25) is 0 Å². The molecule has 0 aromatic heterocycles. The monoisotopic (exact) mass is 270 g/mol. The minimum Gasteiger partial charge on any atom is -0.497 e. The van der Waals surface area contributed by atoms with E-state index < -0.39 is 0 Å². The van der Waals surface area contributed by atoms with Crippen molar-refractivity contribution in [3.05, 3.63) is 47.6 Å². The molecule has 0 radical (unpaired) electrons. The smallest absolute Gasteiger partial charge is 0.119 e. The van der Waals surface area contributed by atoms with E-state index in [9.17, 15) is 0 Å². The molecule has 108 valence electrons. The van der Waals surface area contributed by atoms with Crippen molar-refractivity contribution in [3.8, 4) is 5.75 Å². The molecule has 0 atom stereocenters. The topological polar surface area (TPSA) is 9.23 Å². The molecule has 0 spiro atoms. The van der Waals surface area contributed by atoms with Crippen molar-refractivity contribution in [1.29, 1.82) is 0 Å². The summed E-state index contributed by atoms with van der Waals surface area (Å²) in [6.07, 6.45) is 3.52. The highest BCUT2D eigenvalue weighted by Crippen LogP contribution is 2.50. The third-order valence-electron chi connectivity index (χ3n) is 4.30. The van der Waals surface area contributed by atoms with Crippen LogP contribution in [0.1, 0.15) is 45.2 Å². The van der Waals surface area contributed by atoms with Gasteiger partial charge in [0.2, 0.25) is 0 Å². The maximum Gasteiger partial charge on any atom is 0.119 e. The number of aryl methyl sites for hydroxylation is 1. The standard InChI is InChI=1S/C19H26O/c1-13-10-15(20-7)8-9-16(13)17-11-18(3,4)12-19(5,6)14(17)2/h8-11H,2,12H2,1,3-7H3. The third-order valence-corrected chi connectivity index (χ3v) is 4.30. The average molecular weight is 270 g/mol. The maximum absolute atomic E-state index is 5.30. The van der Waals surface area contributed by atoms with Crippen LogP contribution < -0.4 is 4.74 Å². The van der Waals surface area contributed by atoms with Gasteiger partial charge in [-0.2, -0.15) is 0 Å². The fourth-order valence-corrected chi connectivity index (χ4v) is 3.44. The molecule has 1 nitrogen and oxygen atoms in total. The van der Waals surface area contributed by atoms with Crippen LogP contribution in [0.25, 0.3) is 5.57 Å². The predicted molar refractivity (Wildman–Crippen MR) is 87.0 cm³/mol. The summed E-state index contributed by atoms with van der Waals surface area (Å²) in [5.41, 5.74) is 5.39. The molecule has 1 aliphatic rings. The Labute approximate surface area is 123 Å². The predicted octanol–water partition coefficient (Wildman–Crippen LogP) is 5.40. The number of allylic oxidation sites excluding steroid dienone is 3. The normalized spacial score (nSPS) is 20.5. The van der Waals surface area contributed by atoms with Crippen molar-refractivity contribution in [1.82, 2.24) is 0 Å². The van der Waals surface area contributed by atoms with Gasteiger partial charge in [0.25, 0.3) is 0 Å². The van der Waals surface area contributed by atoms with E-state index in [-0.39, 0.29) is 10.8 Å². The summed E-state index contributed by atoms with van der Waals surface area (Å²) < 4.78 is 5.30. The van der Waals surface area contributed by atoms with Gasteiger partial charge in [-0.05, 0) is 58.6 Å². The van der Waals surface area contributed by atoms with Gasteiger partial charge in [0, 0.05) is 0 Å². The molecule has 0 amide bonds. The van der Waals surface area contributed by atoms with Crippen molar-refractivity contribution in [2.24, 2.45) is 10.8 Å². The van der Waals surface area contributed by atoms with E-state index in [1.54, 1.807) is 7.11 Å². The van der Waals surface area contributed by atoms with E-state index in [1.165, 1.54) is 22.3 Å². The van der Waals surface area contributed by atoms with Crippen LogP contribution in [0, 0.1) is 17.8 Å². The number of benzene rings is 1. The van der Waals surface area contributed by atoms with Crippen molar-refractivity contribution in [2.75, 3.05) is 7.11 Å². The fourth-order valence-electron chi connectivity index (χ4n) is 3.44. The number of methoxy groups -OCH3 is 1. The van der Waals surface area contributed by atoms with Crippen LogP contribution >= 0.6 is 0 Å². The van der Waals surface area contributed by atoms with Gasteiger partial charge >= 0.3 is 0 Å². The Bertz CT molecular complexity index is 573. The zero-order chi connectivity index (χ0) is 15.1. The summed E-state index contributed by atoms with van der Waals surface area (Å²) in [4.78, 5) is 0. The maximum atomic E-state index is 5.30. The van der Waals surface area contributed by atoms with Crippen LogP contribution in [0.2, 0.25) is 0 Å². The van der Waals surface area contributed by atoms with Gasteiger partial charge in [-0.25, -0.2) is 0 Å². The molecule has 1 heteroatoms. The Morgan fingerprint density at radius 3 is 2.35 bits per heavy atom. The molecule has 0 heterocycles. The second kappa shape index (κ2) is 4.80. The number of rotatable bonds is 2. The lowest BCUT2D eigenvalue weighted by Crippen LogP contribution is -2.28. The van der Waals surface area contributed by atoms with Gasteiger partial charge in [-0.1, -0.05) is 46.4 Å². The largest absolute Gasteiger partial charge is 0.497 e. The highest BCUT2D eigenvalue weighted by molar-refractivity contribution is 5.83. The molecule has 0 fully saturated rings. The molecular formula is C19H26O. The van der Waals surface area contributed by atoms with Gasteiger partial charge in [0.05, 0.1) is 7.11 Å². The highest BCUT2D eigenvalue weighted by atomic mass is 16.5. The van der Waals surface area contributed by atoms with Crippen molar-refractivity contribution in [3.63, 3.8) is 0 Å².